The first-order valence-corrected chi connectivity index (χ1v) is 5.45. The third-order valence-corrected chi connectivity index (χ3v) is 2.56. The van der Waals surface area contributed by atoms with Crippen molar-refractivity contribution in [3.05, 3.63) is 0 Å². The summed E-state index contributed by atoms with van der Waals surface area (Å²) in [6.45, 7) is 5.06. The molecule has 84 valence electrons. The zero-order chi connectivity index (χ0) is 10.4. The molecule has 0 saturated carbocycles. The van der Waals surface area contributed by atoms with E-state index in [9.17, 15) is 8.78 Å². The van der Waals surface area contributed by atoms with Crippen molar-refractivity contribution in [2.24, 2.45) is 0 Å². The van der Waals surface area contributed by atoms with E-state index in [1.807, 2.05) is 11.8 Å². The second-order valence-corrected chi connectivity index (χ2v) is 3.99. The quantitative estimate of drug-likeness (QED) is 0.736. The maximum Gasteiger partial charge on any atom is 0.260 e. The molecule has 0 unspecified atom stereocenters. The Kier molecular flexibility index (Phi) is 4.75. The highest BCUT2D eigenvalue weighted by molar-refractivity contribution is 4.75. The van der Waals surface area contributed by atoms with E-state index in [-0.39, 0.29) is 13.0 Å². The van der Waals surface area contributed by atoms with Crippen LogP contribution in [0, 0.1) is 0 Å². The molecule has 0 aliphatic carbocycles. The van der Waals surface area contributed by atoms with Crippen LogP contribution in [0.2, 0.25) is 0 Å². The summed E-state index contributed by atoms with van der Waals surface area (Å²) < 4.78 is 26.7. The molecule has 0 amide bonds. The summed E-state index contributed by atoms with van der Waals surface area (Å²) in [6.07, 6.45) is 1.50. The van der Waals surface area contributed by atoms with Gasteiger partial charge in [0.2, 0.25) is 0 Å². The van der Waals surface area contributed by atoms with Crippen LogP contribution in [-0.4, -0.2) is 43.5 Å². The van der Waals surface area contributed by atoms with Gasteiger partial charge in [0.15, 0.2) is 0 Å². The van der Waals surface area contributed by atoms with Crippen molar-refractivity contribution in [1.82, 2.24) is 10.2 Å². The topological polar surface area (TPSA) is 15.3 Å². The molecule has 0 radical (unpaired) electrons. The molecule has 4 heteroatoms. The Balaban J connectivity index is 2.25. The molecule has 0 aromatic carbocycles. The average molecular weight is 206 g/mol. The fourth-order valence-electron chi connectivity index (χ4n) is 1.71. The largest absolute Gasteiger partial charge is 0.314 e. The summed E-state index contributed by atoms with van der Waals surface area (Å²) in [7, 11) is 0. The highest BCUT2D eigenvalue weighted by Crippen LogP contribution is 2.22. The molecule has 0 spiro atoms. The summed E-state index contributed by atoms with van der Waals surface area (Å²) in [5.41, 5.74) is 0. The van der Waals surface area contributed by atoms with Gasteiger partial charge in [0.1, 0.15) is 0 Å². The number of piperazine rings is 1. The molecular formula is C10H20F2N2. The Morgan fingerprint density at radius 1 is 1.29 bits per heavy atom. The summed E-state index contributed by atoms with van der Waals surface area (Å²) in [5.74, 6) is -2.49. The predicted molar refractivity (Wildman–Crippen MR) is 53.8 cm³/mol. The van der Waals surface area contributed by atoms with E-state index in [1.54, 1.807) is 0 Å². The van der Waals surface area contributed by atoms with E-state index in [0.717, 1.165) is 32.6 Å². The number of hydrogen-bond donors (Lipinski definition) is 1. The minimum atomic E-state index is -2.49. The zero-order valence-corrected chi connectivity index (χ0v) is 8.86. The molecular weight excluding hydrogens is 186 g/mol. The van der Waals surface area contributed by atoms with Gasteiger partial charge in [-0.2, -0.15) is 0 Å². The van der Waals surface area contributed by atoms with Crippen molar-refractivity contribution >= 4 is 0 Å². The normalized spacial score (nSPS) is 19.9. The number of halogens is 2. The van der Waals surface area contributed by atoms with Crippen molar-refractivity contribution in [3.63, 3.8) is 0 Å². The van der Waals surface area contributed by atoms with Crippen LogP contribution in [0.5, 0.6) is 0 Å². The van der Waals surface area contributed by atoms with Gasteiger partial charge in [0.05, 0.1) is 6.54 Å². The molecule has 2 nitrogen and oxygen atoms in total. The first-order chi connectivity index (χ1) is 6.64. The van der Waals surface area contributed by atoms with Crippen molar-refractivity contribution in [3.8, 4) is 0 Å². The van der Waals surface area contributed by atoms with E-state index >= 15 is 0 Å². The van der Waals surface area contributed by atoms with E-state index in [1.165, 1.54) is 0 Å². The molecule has 0 aromatic rings. The van der Waals surface area contributed by atoms with Gasteiger partial charge in [0.25, 0.3) is 5.92 Å². The summed E-state index contributed by atoms with van der Waals surface area (Å²) in [6, 6.07) is 0. The van der Waals surface area contributed by atoms with Gasteiger partial charge in [-0.15, -0.1) is 0 Å². The highest BCUT2D eigenvalue weighted by Gasteiger charge is 2.31. The number of rotatable bonds is 5. The lowest BCUT2D eigenvalue weighted by atomic mass is 10.1. The number of nitrogens with one attached hydrogen (secondary N) is 1. The van der Waals surface area contributed by atoms with Crippen LogP contribution in [0.15, 0.2) is 0 Å². The Bertz CT molecular complexity index is 156. The van der Waals surface area contributed by atoms with Crippen LogP contribution < -0.4 is 5.32 Å². The highest BCUT2D eigenvalue weighted by atomic mass is 19.3. The van der Waals surface area contributed by atoms with Gasteiger partial charge in [-0.25, -0.2) is 8.78 Å². The SMILES string of the molecule is CCCCC(F)(F)CN1CCNCC1. The van der Waals surface area contributed by atoms with E-state index < -0.39 is 5.92 Å². The fourth-order valence-corrected chi connectivity index (χ4v) is 1.71. The molecule has 0 bridgehead atoms. The lowest BCUT2D eigenvalue weighted by Gasteiger charge is -2.30. The monoisotopic (exact) mass is 206 g/mol. The molecule has 0 aromatic heterocycles. The lowest BCUT2D eigenvalue weighted by Crippen LogP contribution is -2.48. The lowest BCUT2D eigenvalue weighted by molar-refractivity contribution is -0.0427. The van der Waals surface area contributed by atoms with Crippen LogP contribution in [0.1, 0.15) is 26.2 Å². The first-order valence-electron chi connectivity index (χ1n) is 5.45. The number of nitrogens with zero attached hydrogens (tertiary/aromatic N) is 1. The molecule has 1 aliphatic rings. The van der Waals surface area contributed by atoms with Crippen LogP contribution in [0.25, 0.3) is 0 Å². The molecule has 1 N–H and O–H groups in total. The van der Waals surface area contributed by atoms with Crippen LogP contribution >= 0.6 is 0 Å². The van der Waals surface area contributed by atoms with Crippen LogP contribution in [0.4, 0.5) is 8.78 Å². The zero-order valence-electron chi connectivity index (χ0n) is 8.86. The molecule has 1 rings (SSSR count). The van der Waals surface area contributed by atoms with Gasteiger partial charge < -0.3 is 5.32 Å². The molecule has 14 heavy (non-hydrogen) atoms. The first kappa shape index (κ1) is 11.9. The van der Waals surface area contributed by atoms with Crippen molar-refractivity contribution < 1.29 is 8.78 Å². The second kappa shape index (κ2) is 5.61. The molecule has 0 atom stereocenters. The molecule has 1 heterocycles. The van der Waals surface area contributed by atoms with Gasteiger partial charge in [-0.1, -0.05) is 13.3 Å². The van der Waals surface area contributed by atoms with E-state index in [0.29, 0.717) is 6.42 Å². The summed E-state index contributed by atoms with van der Waals surface area (Å²) >= 11 is 0. The number of hydrogen-bond acceptors (Lipinski definition) is 2. The van der Waals surface area contributed by atoms with E-state index in [2.05, 4.69) is 5.32 Å². The predicted octanol–water partition coefficient (Wildman–Crippen LogP) is 1.72. The molecule has 1 saturated heterocycles. The smallest absolute Gasteiger partial charge is 0.260 e. The van der Waals surface area contributed by atoms with Crippen LogP contribution in [0.3, 0.4) is 0 Å². The van der Waals surface area contributed by atoms with Crippen molar-refractivity contribution in [1.29, 1.82) is 0 Å². The number of alkyl halides is 2. The third kappa shape index (κ3) is 4.33. The molecule has 1 aliphatic heterocycles. The Morgan fingerprint density at radius 2 is 1.93 bits per heavy atom. The van der Waals surface area contributed by atoms with Gasteiger partial charge >= 0.3 is 0 Å². The van der Waals surface area contributed by atoms with Crippen molar-refractivity contribution in [2.75, 3.05) is 32.7 Å². The maximum atomic E-state index is 13.3. The Labute approximate surface area is 84.7 Å². The minimum absolute atomic E-state index is 0.0351. The maximum absolute atomic E-state index is 13.3. The summed E-state index contributed by atoms with van der Waals surface area (Å²) in [5, 5.41) is 3.16. The standard InChI is InChI=1S/C10H20F2N2/c1-2-3-4-10(11,12)9-14-7-5-13-6-8-14/h13H,2-9H2,1H3. The Morgan fingerprint density at radius 3 is 2.50 bits per heavy atom. The van der Waals surface area contributed by atoms with E-state index in [4.69, 9.17) is 0 Å². The van der Waals surface area contributed by atoms with Gasteiger partial charge in [-0.05, 0) is 6.42 Å². The minimum Gasteiger partial charge on any atom is -0.314 e. The second-order valence-electron chi connectivity index (χ2n) is 3.99. The Hall–Kier alpha value is -0.220. The molecule has 1 fully saturated rings. The summed E-state index contributed by atoms with van der Waals surface area (Å²) in [4.78, 5) is 1.85. The third-order valence-electron chi connectivity index (χ3n) is 2.56. The van der Waals surface area contributed by atoms with Crippen molar-refractivity contribution in [2.45, 2.75) is 32.1 Å². The fraction of sp³-hybridized carbons (Fsp3) is 1.00. The van der Waals surface area contributed by atoms with Crippen LogP contribution in [-0.2, 0) is 0 Å². The number of unbranched alkanes of at least 4 members (excludes halogenated alkanes) is 1. The van der Waals surface area contributed by atoms with Gasteiger partial charge in [0, 0.05) is 32.6 Å². The average Bonchev–Trinajstić information content (AvgIpc) is 2.16. The van der Waals surface area contributed by atoms with Gasteiger partial charge in [-0.3, -0.25) is 4.90 Å².